The van der Waals surface area contributed by atoms with Gasteiger partial charge in [0.05, 0.1) is 5.41 Å². The van der Waals surface area contributed by atoms with E-state index in [1.165, 1.54) is 0 Å². The molecule has 0 bridgehead atoms. The fraction of sp³-hybridized carbons (Fsp3) is 0.500. The van der Waals surface area contributed by atoms with Crippen molar-refractivity contribution in [2.45, 2.75) is 20.3 Å². The number of nitrogens with two attached hydrogens (primary N) is 1. The summed E-state index contributed by atoms with van der Waals surface area (Å²) < 4.78 is 0. The summed E-state index contributed by atoms with van der Waals surface area (Å²) in [4.78, 5) is 12.1. The van der Waals surface area contributed by atoms with E-state index in [1.54, 1.807) is 11.8 Å². The molecule has 0 saturated carbocycles. The Morgan fingerprint density at radius 1 is 1.33 bits per heavy atom. The number of hydrogen-bond donors (Lipinski definition) is 2. The second kappa shape index (κ2) is 7.44. The molecule has 1 aromatic carbocycles. The molecule has 0 aliphatic rings. The van der Waals surface area contributed by atoms with Crippen LogP contribution < -0.4 is 11.1 Å². The highest BCUT2D eigenvalue weighted by Crippen LogP contribution is 2.24. The standard InChI is InChI=1S/C14H22N2OS/c1-14(2,11-18-10-6-9-15)13(17)16-12-7-4-3-5-8-12/h3-5,7-8H,6,9-11,15H2,1-2H3,(H,16,17). The minimum absolute atomic E-state index is 0.0638. The van der Waals surface area contributed by atoms with E-state index < -0.39 is 0 Å². The fourth-order valence-electron chi connectivity index (χ4n) is 1.40. The number of carbonyl (C=O) groups is 1. The molecule has 0 atom stereocenters. The summed E-state index contributed by atoms with van der Waals surface area (Å²) in [5.41, 5.74) is 5.93. The number of hydrogen-bond acceptors (Lipinski definition) is 3. The minimum Gasteiger partial charge on any atom is -0.330 e. The van der Waals surface area contributed by atoms with Crippen LogP contribution in [0, 0.1) is 5.41 Å². The molecule has 3 N–H and O–H groups in total. The molecule has 0 aliphatic heterocycles. The van der Waals surface area contributed by atoms with Gasteiger partial charge in [-0.25, -0.2) is 0 Å². The fourth-order valence-corrected chi connectivity index (χ4v) is 2.56. The van der Waals surface area contributed by atoms with E-state index in [2.05, 4.69) is 5.32 Å². The first-order chi connectivity index (χ1) is 8.56. The average Bonchev–Trinajstić information content (AvgIpc) is 2.36. The Labute approximate surface area is 114 Å². The van der Waals surface area contributed by atoms with Crippen molar-refractivity contribution in [3.63, 3.8) is 0 Å². The topological polar surface area (TPSA) is 55.1 Å². The van der Waals surface area contributed by atoms with E-state index in [0.717, 1.165) is 23.6 Å². The summed E-state index contributed by atoms with van der Waals surface area (Å²) in [6.45, 7) is 4.66. The first kappa shape index (κ1) is 15.1. The first-order valence-corrected chi connectivity index (χ1v) is 7.36. The van der Waals surface area contributed by atoms with Crippen molar-refractivity contribution >= 4 is 23.4 Å². The molecule has 100 valence electrons. The SMILES string of the molecule is CC(C)(CSCCCN)C(=O)Nc1ccccc1. The summed E-state index contributed by atoms with van der Waals surface area (Å²) in [6.07, 6.45) is 1.00. The molecule has 18 heavy (non-hydrogen) atoms. The van der Waals surface area contributed by atoms with Gasteiger partial charge < -0.3 is 11.1 Å². The van der Waals surface area contributed by atoms with Gasteiger partial charge in [0.15, 0.2) is 0 Å². The van der Waals surface area contributed by atoms with Crippen LogP contribution in [0.25, 0.3) is 0 Å². The second-order valence-corrected chi connectivity index (χ2v) is 6.00. The lowest BCUT2D eigenvalue weighted by atomic mass is 9.95. The van der Waals surface area contributed by atoms with E-state index in [4.69, 9.17) is 5.73 Å². The van der Waals surface area contributed by atoms with E-state index in [1.807, 2.05) is 44.2 Å². The van der Waals surface area contributed by atoms with Crippen LogP contribution >= 0.6 is 11.8 Å². The van der Waals surface area contributed by atoms with Gasteiger partial charge in [0.25, 0.3) is 0 Å². The molecule has 3 nitrogen and oxygen atoms in total. The molecule has 0 aliphatic carbocycles. The van der Waals surface area contributed by atoms with Crippen LogP contribution in [0.5, 0.6) is 0 Å². The van der Waals surface area contributed by atoms with Gasteiger partial charge in [-0.05, 0) is 30.9 Å². The third-order valence-corrected chi connectivity index (χ3v) is 4.11. The van der Waals surface area contributed by atoms with Gasteiger partial charge in [0.1, 0.15) is 0 Å². The van der Waals surface area contributed by atoms with E-state index in [0.29, 0.717) is 6.54 Å². The van der Waals surface area contributed by atoms with Gasteiger partial charge in [0.2, 0.25) is 5.91 Å². The lowest BCUT2D eigenvalue weighted by molar-refractivity contribution is -0.122. The molecule has 0 unspecified atom stereocenters. The third kappa shape index (κ3) is 5.10. The maximum atomic E-state index is 12.1. The Balaban J connectivity index is 2.44. The Bertz CT molecular complexity index is 365. The van der Waals surface area contributed by atoms with E-state index in [9.17, 15) is 4.79 Å². The maximum Gasteiger partial charge on any atom is 0.230 e. The van der Waals surface area contributed by atoms with E-state index in [-0.39, 0.29) is 11.3 Å². The normalized spacial score (nSPS) is 11.3. The van der Waals surface area contributed by atoms with Gasteiger partial charge in [-0.3, -0.25) is 4.79 Å². The number of carbonyl (C=O) groups excluding carboxylic acids is 1. The highest BCUT2D eigenvalue weighted by Gasteiger charge is 2.27. The summed E-state index contributed by atoms with van der Waals surface area (Å²) in [6, 6.07) is 9.56. The van der Waals surface area contributed by atoms with Crippen LogP contribution in [0.3, 0.4) is 0 Å². The Morgan fingerprint density at radius 2 is 2.00 bits per heavy atom. The smallest absolute Gasteiger partial charge is 0.230 e. The number of thioether (sulfide) groups is 1. The van der Waals surface area contributed by atoms with Crippen molar-refractivity contribution in [2.24, 2.45) is 11.1 Å². The highest BCUT2D eigenvalue weighted by molar-refractivity contribution is 7.99. The Morgan fingerprint density at radius 3 is 2.61 bits per heavy atom. The lowest BCUT2D eigenvalue weighted by Crippen LogP contribution is -2.33. The molecule has 0 spiro atoms. The van der Waals surface area contributed by atoms with E-state index >= 15 is 0 Å². The van der Waals surface area contributed by atoms with Crippen molar-refractivity contribution in [1.29, 1.82) is 0 Å². The molecule has 0 fully saturated rings. The largest absolute Gasteiger partial charge is 0.330 e. The molecule has 1 rings (SSSR count). The monoisotopic (exact) mass is 266 g/mol. The summed E-state index contributed by atoms with van der Waals surface area (Å²) in [5.74, 6) is 1.89. The van der Waals surface area contributed by atoms with Crippen molar-refractivity contribution in [3.05, 3.63) is 30.3 Å². The van der Waals surface area contributed by atoms with Crippen LogP contribution in [0.15, 0.2) is 30.3 Å². The molecule has 0 saturated heterocycles. The number of anilines is 1. The van der Waals surface area contributed by atoms with Gasteiger partial charge in [-0.2, -0.15) is 11.8 Å². The summed E-state index contributed by atoms with van der Waals surface area (Å²) in [7, 11) is 0. The summed E-state index contributed by atoms with van der Waals surface area (Å²) in [5, 5.41) is 2.95. The number of rotatable bonds is 7. The molecular formula is C14H22N2OS. The lowest BCUT2D eigenvalue weighted by Gasteiger charge is -2.23. The molecule has 1 amide bonds. The third-order valence-electron chi connectivity index (χ3n) is 2.60. The second-order valence-electron chi connectivity index (χ2n) is 4.90. The maximum absolute atomic E-state index is 12.1. The van der Waals surface area contributed by atoms with Crippen LogP contribution in [-0.4, -0.2) is 24.0 Å². The van der Waals surface area contributed by atoms with Crippen LogP contribution in [0.1, 0.15) is 20.3 Å². The van der Waals surface area contributed by atoms with Crippen molar-refractivity contribution in [3.8, 4) is 0 Å². The zero-order chi connectivity index (χ0) is 13.4. The molecule has 0 aromatic heterocycles. The number of benzene rings is 1. The molecule has 4 heteroatoms. The van der Waals surface area contributed by atoms with Gasteiger partial charge >= 0.3 is 0 Å². The zero-order valence-corrected chi connectivity index (χ0v) is 11.9. The number of nitrogens with one attached hydrogen (secondary N) is 1. The molecule has 0 radical (unpaired) electrons. The molecule has 0 heterocycles. The first-order valence-electron chi connectivity index (χ1n) is 6.20. The predicted molar refractivity (Wildman–Crippen MR) is 79.8 cm³/mol. The zero-order valence-electron chi connectivity index (χ0n) is 11.1. The number of amides is 1. The average molecular weight is 266 g/mol. The Hall–Kier alpha value is -1.00. The highest BCUT2D eigenvalue weighted by atomic mass is 32.2. The van der Waals surface area contributed by atoms with Gasteiger partial charge in [-0.15, -0.1) is 0 Å². The van der Waals surface area contributed by atoms with Crippen molar-refractivity contribution < 1.29 is 4.79 Å². The van der Waals surface area contributed by atoms with Gasteiger partial charge in [0, 0.05) is 11.4 Å². The van der Waals surface area contributed by atoms with Crippen LogP contribution in [0.4, 0.5) is 5.69 Å². The van der Waals surface area contributed by atoms with Crippen LogP contribution in [-0.2, 0) is 4.79 Å². The van der Waals surface area contributed by atoms with Gasteiger partial charge in [-0.1, -0.05) is 32.0 Å². The predicted octanol–water partition coefficient (Wildman–Crippen LogP) is 2.73. The summed E-state index contributed by atoms with van der Waals surface area (Å²) >= 11 is 1.78. The molecular weight excluding hydrogens is 244 g/mol. The number of para-hydroxylation sites is 1. The quantitative estimate of drug-likeness (QED) is 0.746. The Kier molecular flexibility index (Phi) is 6.22. The minimum atomic E-state index is -0.366. The van der Waals surface area contributed by atoms with Crippen LogP contribution in [0.2, 0.25) is 0 Å². The molecule has 1 aromatic rings. The van der Waals surface area contributed by atoms with Crippen molar-refractivity contribution in [1.82, 2.24) is 0 Å². The van der Waals surface area contributed by atoms with Crippen molar-refractivity contribution in [2.75, 3.05) is 23.4 Å².